The van der Waals surface area contributed by atoms with E-state index in [2.05, 4.69) is 15.7 Å². The SMILES string of the molecule is Cn1cc(NC(=O)CN2CCCC(Nc3ccc(F)c(F)c3)C2)cn1. The fraction of sp³-hybridized carbons (Fsp3) is 0.412. The summed E-state index contributed by atoms with van der Waals surface area (Å²) in [5.41, 5.74) is 1.21. The molecule has 0 saturated carbocycles. The van der Waals surface area contributed by atoms with E-state index in [1.165, 1.54) is 6.07 Å². The zero-order valence-corrected chi connectivity index (χ0v) is 14.0. The van der Waals surface area contributed by atoms with Gasteiger partial charge in [-0.25, -0.2) is 8.78 Å². The normalized spacial score (nSPS) is 18.1. The van der Waals surface area contributed by atoms with E-state index >= 15 is 0 Å². The third kappa shape index (κ3) is 4.76. The second-order valence-corrected chi connectivity index (χ2v) is 6.30. The van der Waals surface area contributed by atoms with Gasteiger partial charge in [-0.2, -0.15) is 5.10 Å². The van der Waals surface area contributed by atoms with Crippen LogP contribution in [0.25, 0.3) is 0 Å². The highest BCUT2D eigenvalue weighted by Crippen LogP contribution is 2.18. The Morgan fingerprint density at radius 1 is 1.32 bits per heavy atom. The number of nitrogens with zero attached hydrogens (tertiary/aromatic N) is 3. The van der Waals surface area contributed by atoms with Crippen molar-refractivity contribution in [2.45, 2.75) is 18.9 Å². The predicted octanol–water partition coefficient (Wildman–Crippen LogP) is 2.21. The minimum atomic E-state index is -0.867. The Bertz CT molecular complexity index is 748. The predicted molar refractivity (Wildman–Crippen MR) is 91.3 cm³/mol. The van der Waals surface area contributed by atoms with Gasteiger partial charge in [-0.1, -0.05) is 0 Å². The number of rotatable bonds is 5. The van der Waals surface area contributed by atoms with Crippen molar-refractivity contribution in [3.05, 3.63) is 42.2 Å². The standard InChI is InChI=1S/C17H21F2N5O/c1-23-9-14(8-20-23)22-17(25)11-24-6-2-3-13(10-24)21-12-4-5-15(18)16(19)7-12/h4-5,7-9,13,21H,2-3,6,10-11H2,1H3,(H,22,25). The quantitative estimate of drug-likeness (QED) is 0.869. The fourth-order valence-corrected chi connectivity index (χ4v) is 3.03. The highest BCUT2D eigenvalue weighted by Gasteiger charge is 2.22. The van der Waals surface area contributed by atoms with Crippen LogP contribution in [0.3, 0.4) is 0 Å². The number of likely N-dealkylation sites (tertiary alicyclic amines) is 1. The van der Waals surface area contributed by atoms with Crippen LogP contribution in [0.5, 0.6) is 0 Å². The second kappa shape index (κ2) is 7.60. The van der Waals surface area contributed by atoms with Crippen LogP contribution in [-0.2, 0) is 11.8 Å². The molecule has 1 unspecified atom stereocenters. The van der Waals surface area contributed by atoms with E-state index in [1.54, 1.807) is 24.1 Å². The van der Waals surface area contributed by atoms with Gasteiger partial charge in [0, 0.05) is 37.6 Å². The van der Waals surface area contributed by atoms with Crippen LogP contribution >= 0.6 is 0 Å². The van der Waals surface area contributed by atoms with E-state index in [0.29, 0.717) is 17.9 Å². The van der Waals surface area contributed by atoms with E-state index in [4.69, 9.17) is 0 Å². The van der Waals surface area contributed by atoms with E-state index in [1.807, 2.05) is 4.90 Å². The summed E-state index contributed by atoms with van der Waals surface area (Å²) in [4.78, 5) is 14.2. The molecule has 2 aromatic rings. The van der Waals surface area contributed by atoms with Gasteiger partial charge in [0.05, 0.1) is 18.4 Å². The third-order valence-corrected chi connectivity index (χ3v) is 4.15. The first-order chi connectivity index (χ1) is 12.0. The maximum atomic E-state index is 13.3. The molecule has 6 nitrogen and oxygen atoms in total. The number of carbonyl (C=O) groups is 1. The first kappa shape index (κ1) is 17.3. The van der Waals surface area contributed by atoms with Crippen LogP contribution in [-0.4, -0.2) is 46.3 Å². The number of aryl methyl sites for hydroxylation is 1. The van der Waals surface area contributed by atoms with Crippen molar-refractivity contribution in [2.24, 2.45) is 7.05 Å². The lowest BCUT2D eigenvalue weighted by molar-refractivity contribution is -0.117. The molecule has 1 aliphatic rings. The highest BCUT2D eigenvalue weighted by atomic mass is 19.2. The van der Waals surface area contributed by atoms with Crippen molar-refractivity contribution in [3.63, 3.8) is 0 Å². The largest absolute Gasteiger partial charge is 0.381 e. The zero-order chi connectivity index (χ0) is 17.8. The molecule has 0 aliphatic carbocycles. The molecule has 8 heteroatoms. The molecule has 3 rings (SSSR count). The Labute approximate surface area is 144 Å². The minimum Gasteiger partial charge on any atom is -0.381 e. The van der Waals surface area contributed by atoms with Crippen molar-refractivity contribution in [2.75, 3.05) is 30.3 Å². The maximum absolute atomic E-state index is 13.3. The van der Waals surface area contributed by atoms with E-state index in [-0.39, 0.29) is 18.5 Å². The average Bonchev–Trinajstić information content (AvgIpc) is 2.96. The van der Waals surface area contributed by atoms with Gasteiger partial charge in [-0.05, 0) is 31.5 Å². The molecule has 1 atom stereocenters. The summed E-state index contributed by atoms with van der Waals surface area (Å²) in [5.74, 6) is -1.82. The molecule has 2 N–H and O–H groups in total. The molecule has 1 aromatic heterocycles. The Morgan fingerprint density at radius 2 is 2.16 bits per heavy atom. The number of nitrogens with one attached hydrogen (secondary N) is 2. The number of amides is 1. The summed E-state index contributed by atoms with van der Waals surface area (Å²) in [6, 6.07) is 3.87. The molecule has 134 valence electrons. The van der Waals surface area contributed by atoms with Crippen molar-refractivity contribution < 1.29 is 13.6 Å². The summed E-state index contributed by atoms with van der Waals surface area (Å²) in [6.07, 6.45) is 5.18. The van der Waals surface area contributed by atoms with Crippen LogP contribution in [0.2, 0.25) is 0 Å². The monoisotopic (exact) mass is 349 g/mol. The third-order valence-electron chi connectivity index (χ3n) is 4.15. The number of hydrogen-bond donors (Lipinski definition) is 2. The molecular weight excluding hydrogens is 328 g/mol. The highest BCUT2D eigenvalue weighted by molar-refractivity contribution is 5.91. The van der Waals surface area contributed by atoms with Gasteiger partial charge in [0.15, 0.2) is 11.6 Å². The Hall–Kier alpha value is -2.48. The van der Waals surface area contributed by atoms with Gasteiger partial charge in [0.1, 0.15) is 0 Å². The summed E-state index contributed by atoms with van der Waals surface area (Å²) in [5, 5.41) is 10.0. The molecule has 1 aromatic carbocycles. The molecule has 0 radical (unpaired) electrons. The zero-order valence-electron chi connectivity index (χ0n) is 14.0. The van der Waals surface area contributed by atoms with Crippen LogP contribution in [0.4, 0.5) is 20.2 Å². The van der Waals surface area contributed by atoms with Crippen LogP contribution < -0.4 is 10.6 Å². The Morgan fingerprint density at radius 3 is 2.88 bits per heavy atom. The number of halogens is 2. The molecule has 0 bridgehead atoms. The van der Waals surface area contributed by atoms with Gasteiger partial charge in [-0.3, -0.25) is 14.4 Å². The number of benzene rings is 1. The number of anilines is 2. The molecule has 25 heavy (non-hydrogen) atoms. The lowest BCUT2D eigenvalue weighted by Gasteiger charge is -2.33. The van der Waals surface area contributed by atoms with Crippen molar-refractivity contribution in [1.82, 2.24) is 14.7 Å². The molecule has 1 saturated heterocycles. The smallest absolute Gasteiger partial charge is 0.238 e. The van der Waals surface area contributed by atoms with Crippen molar-refractivity contribution >= 4 is 17.3 Å². The van der Waals surface area contributed by atoms with Crippen LogP contribution in [0, 0.1) is 11.6 Å². The average molecular weight is 349 g/mol. The van der Waals surface area contributed by atoms with E-state index in [0.717, 1.165) is 31.5 Å². The molecule has 1 amide bonds. The fourth-order valence-electron chi connectivity index (χ4n) is 3.03. The molecule has 0 spiro atoms. The van der Waals surface area contributed by atoms with Gasteiger partial charge in [0.25, 0.3) is 0 Å². The number of aromatic nitrogens is 2. The second-order valence-electron chi connectivity index (χ2n) is 6.30. The lowest BCUT2D eigenvalue weighted by Crippen LogP contribution is -2.45. The van der Waals surface area contributed by atoms with Gasteiger partial charge >= 0.3 is 0 Å². The van der Waals surface area contributed by atoms with Crippen molar-refractivity contribution in [3.8, 4) is 0 Å². The minimum absolute atomic E-state index is 0.0878. The van der Waals surface area contributed by atoms with Gasteiger partial charge in [0.2, 0.25) is 5.91 Å². The van der Waals surface area contributed by atoms with Gasteiger partial charge < -0.3 is 10.6 Å². The van der Waals surface area contributed by atoms with Crippen LogP contribution in [0.15, 0.2) is 30.6 Å². The lowest BCUT2D eigenvalue weighted by atomic mass is 10.1. The summed E-state index contributed by atoms with van der Waals surface area (Å²) >= 11 is 0. The first-order valence-corrected chi connectivity index (χ1v) is 8.22. The number of piperidine rings is 1. The van der Waals surface area contributed by atoms with Crippen molar-refractivity contribution in [1.29, 1.82) is 0 Å². The Kier molecular flexibility index (Phi) is 5.28. The number of carbonyl (C=O) groups excluding carboxylic acids is 1. The maximum Gasteiger partial charge on any atom is 0.238 e. The first-order valence-electron chi connectivity index (χ1n) is 8.22. The topological polar surface area (TPSA) is 62.2 Å². The molecule has 1 fully saturated rings. The van der Waals surface area contributed by atoms with Crippen LogP contribution in [0.1, 0.15) is 12.8 Å². The molecular formula is C17H21F2N5O. The Balaban J connectivity index is 1.52. The molecule has 2 heterocycles. The summed E-state index contributed by atoms with van der Waals surface area (Å²) < 4.78 is 27.9. The number of hydrogen-bond acceptors (Lipinski definition) is 4. The van der Waals surface area contributed by atoms with Gasteiger partial charge in [-0.15, -0.1) is 0 Å². The van der Waals surface area contributed by atoms with E-state index in [9.17, 15) is 13.6 Å². The summed E-state index contributed by atoms with van der Waals surface area (Å²) in [7, 11) is 1.79. The molecule has 1 aliphatic heterocycles. The van der Waals surface area contributed by atoms with E-state index < -0.39 is 11.6 Å². The summed E-state index contributed by atoms with van der Waals surface area (Å²) in [6.45, 7) is 1.78.